The SMILES string of the molecule is O=C1CN(CC(=O)N2CCCC2C(=O)O)C(=O)N1. The van der Waals surface area contributed by atoms with E-state index in [2.05, 4.69) is 5.32 Å². The molecule has 2 heterocycles. The molecule has 2 saturated heterocycles. The molecule has 0 aromatic carbocycles. The number of carboxylic acid groups (broad SMARTS) is 1. The van der Waals surface area contributed by atoms with E-state index in [1.807, 2.05) is 0 Å². The van der Waals surface area contributed by atoms with E-state index in [1.54, 1.807) is 0 Å². The lowest BCUT2D eigenvalue weighted by atomic mass is 10.2. The van der Waals surface area contributed by atoms with Gasteiger partial charge in [0.2, 0.25) is 11.8 Å². The fourth-order valence-corrected chi connectivity index (χ4v) is 2.19. The molecule has 8 nitrogen and oxygen atoms in total. The first-order chi connectivity index (χ1) is 8.49. The molecule has 2 rings (SSSR count). The zero-order valence-electron chi connectivity index (χ0n) is 9.59. The first-order valence-corrected chi connectivity index (χ1v) is 5.60. The van der Waals surface area contributed by atoms with Crippen molar-refractivity contribution in [3.63, 3.8) is 0 Å². The molecule has 8 heteroatoms. The van der Waals surface area contributed by atoms with Crippen molar-refractivity contribution in [2.75, 3.05) is 19.6 Å². The maximum atomic E-state index is 11.9. The average molecular weight is 255 g/mol. The molecule has 0 saturated carbocycles. The molecule has 4 amide bonds. The maximum Gasteiger partial charge on any atom is 0.326 e. The third kappa shape index (κ3) is 2.27. The summed E-state index contributed by atoms with van der Waals surface area (Å²) in [6.45, 7) is -0.0449. The highest BCUT2D eigenvalue weighted by Gasteiger charge is 2.36. The van der Waals surface area contributed by atoms with Crippen LogP contribution in [0.1, 0.15) is 12.8 Å². The second-order valence-corrected chi connectivity index (χ2v) is 4.29. The van der Waals surface area contributed by atoms with Gasteiger partial charge in [-0.25, -0.2) is 9.59 Å². The van der Waals surface area contributed by atoms with Crippen molar-refractivity contribution in [1.29, 1.82) is 0 Å². The Bertz CT molecular complexity index is 422. The highest BCUT2D eigenvalue weighted by Crippen LogP contribution is 2.18. The van der Waals surface area contributed by atoms with Crippen LogP contribution in [0.3, 0.4) is 0 Å². The van der Waals surface area contributed by atoms with E-state index in [4.69, 9.17) is 5.11 Å². The number of rotatable bonds is 3. The van der Waals surface area contributed by atoms with E-state index < -0.39 is 29.9 Å². The monoisotopic (exact) mass is 255 g/mol. The number of carboxylic acids is 1. The molecule has 0 bridgehead atoms. The minimum Gasteiger partial charge on any atom is -0.480 e. The molecule has 2 fully saturated rings. The van der Waals surface area contributed by atoms with Crippen molar-refractivity contribution in [3.05, 3.63) is 0 Å². The Morgan fingerprint density at radius 2 is 2.11 bits per heavy atom. The number of aliphatic carboxylic acids is 1. The van der Waals surface area contributed by atoms with Crippen LogP contribution in [-0.2, 0) is 14.4 Å². The van der Waals surface area contributed by atoms with Gasteiger partial charge in [-0.2, -0.15) is 0 Å². The van der Waals surface area contributed by atoms with E-state index in [0.29, 0.717) is 19.4 Å². The van der Waals surface area contributed by atoms with E-state index >= 15 is 0 Å². The van der Waals surface area contributed by atoms with Crippen LogP contribution >= 0.6 is 0 Å². The van der Waals surface area contributed by atoms with Gasteiger partial charge in [0.1, 0.15) is 19.1 Å². The first-order valence-electron chi connectivity index (χ1n) is 5.60. The van der Waals surface area contributed by atoms with Gasteiger partial charge in [0.05, 0.1) is 0 Å². The summed E-state index contributed by atoms with van der Waals surface area (Å²) in [6, 6.07) is -1.43. The van der Waals surface area contributed by atoms with Gasteiger partial charge in [-0.3, -0.25) is 14.9 Å². The van der Waals surface area contributed by atoms with Gasteiger partial charge >= 0.3 is 12.0 Å². The summed E-state index contributed by atoms with van der Waals surface area (Å²) in [7, 11) is 0. The predicted molar refractivity (Wildman–Crippen MR) is 57.5 cm³/mol. The molecule has 98 valence electrons. The van der Waals surface area contributed by atoms with Crippen LogP contribution in [-0.4, -0.2) is 64.4 Å². The van der Waals surface area contributed by atoms with Crippen LogP contribution in [0, 0.1) is 0 Å². The fraction of sp³-hybridized carbons (Fsp3) is 0.600. The van der Waals surface area contributed by atoms with Crippen molar-refractivity contribution < 1.29 is 24.3 Å². The molecule has 2 aliphatic heterocycles. The minimum absolute atomic E-state index is 0.157. The van der Waals surface area contributed by atoms with Gasteiger partial charge < -0.3 is 14.9 Å². The number of hydrogen-bond donors (Lipinski definition) is 2. The maximum absolute atomic E-state index is 11.9. The highest BCUT2D eigenvalue weighted by atomic mass is 16.4. The zero-order chi connectivity index (χ0) is 13.3. The fourth-order valence-electron chi connectivity index (χ4n) is 2.19. The molecule has 0 aromatic rings. The van der Waals surface area contributed by atoms with Crippen molar-refractivity contribution >= 4 is 23.8 Å². The van der Waals surface area contributed by atoms with E-state index in [9.17, 15) is 19.2 Å². The number of nitrogens with one attached hydrogen (secondary N) is 1. The lowest BCUT2D eigenvalue weighted by Crippen LogP contribution is -2.46. The van der Waals surface area contributed by atoms with Crippen molar-refractivity contribution in [2.24, 2.45) is 0 Å². The summed E-state index contributed by atoms with van der Waals surface area (Å²) >= 11 is 0. The van der Waals surface area contributed by atoms with Crippen LogP contribution in [0.4, 0.5) is 4.79 Å². The highest BCUT2D eigenvalue weighted by molar-refractivity contribution is 6.03. The van der Waals surface area contributed by atoms with E-state index in [0.717, 1.165) is 4.90 Å². The van der Waals surface area contributed by atoms with Crippen LogP contribution in [0.15, 0.2) is 0 Å². The number of amides is 4. The summed E-state index contributed by atoms with van der Waals surface area (Å²) < 4.78 is 0. The van der Waals surface area contributed by atoms with Gasteiger partial charge in [-0.15, -0.1) is 0 Å². The van der Waals surface area contributed by atoms with Crippen molar-refractivity contribution in [2.45, 2.75) is 18.9 Å². The molecular weight excluding hydrogens is 242 g/mol. The summed E-state index contributed by atoms with van der Waals surface area (Å²) in [4.78, 5) is 47.4. The van der Waals surface area contributed by atoms with Crippen LogP contribution in [0.5, 0.6) is 0 Å². The number of nitrogens with zero attached hydrogens (tertiary/aromatic N) is 2. The summed E-state index contributed by atoms with van der Waals surface area (Å²) in [5.41, 5.74) is 0. The predicted octanol–water partition coefficient (Wildman–Crippen LogP) is -1.39. The van der Waals surface area contributed by atoms with Crippen molar-refractivity contribution in [3.8, 4) is 0 Å². The number of hydrogen-bond acceptors (Lipinski definition) is 4. The third-order valence-electron chi connectivity index (χ3n) is 3.05. The molecule has 0 radical (unpaired) electrons. The summed E-state index contributed by atoms with van der Waals surface area (Å²) in [5, 5.41) is 11.0. The standard InChI is InChI=1S/C10H13N3O5/c14-7-4-12(10(18)11-7)5-8(15)13-3-1-2-6(13)9(16)17/h6H,1-5H2,(H,16,17)(H,11,14,18). The molecule has 0 aliphatic carbocycles. The first kappa shape index (κ1) is 12.3. The summed E-state index contributed by atoms with van der Waals surface area (Å²) in [5.74, 6) is -1.93. The lowest BCUT2D eigenvalue weighted by molar-refractivity contribution is -0.148. The molecule has 0 spiro atoms. The molecule has 0 aromatic heterocycles. The minimum atomic E-state index is -1.04. The van der Waals surface area contributed by atoms with Crippen molar-refractivity contribution in [1.82, 2.24) is 15.1 Å². The van der Waals surface area contributed by atoms with E-state index in [1.165, 1.54) is 4.90 Å². The van der Waals surface area contributed by atoms with Gasteiger partial charge in [0.15, 0.2) is 0 Å². The summed E-state index contributed by atoms with van der Waals surface area (Å²) in [6.07, 6.45) is 1.06. The van der Waals surface area contributed by atoms with Crippen LogP contribution in [0.25, 0.3) is 0 Å². The third-order valence-corrected chi connectivity index (χ3v) is 3.05. The quantitative estimate of drug-likeness (QED) is 0.604. The Morgan fingerprint density at radius 1 is 1.39 bits per heavy atom. The number of imide groups is 1. The Kier molecular flexibility index (Phi) is 3.17. The number of carbonyl (C=O) groups is 4. The molecule has 2 N–H and O–H groups in total. The van der Waals surface area contributed by atoms with Gasteiger partial charge in [0.25, 0.3) is 0 Å². The van der Waals surface area contributed by atoms with Gasteiger partial charge in [-0.05, 0) is 12.8 Å². The topological polar surface area (TPSA) is 107 Å². The largest absolute Gasteiger partial charge is 0.480 e. The second kappa shape index (κ2) is 4.63. The molecule has 1 atom stereocenters. The number of likely N-dealkylation sites (tertiary alicyclic amines) is 1. The second-order valence-electron chi connectivity index (χ2n) is 4.29. The van der Waals surface area contributed by atoms with Gasteiger partial charge in [0, 0.05) is 6.54 Å². The smallest absolute Gasteiger partial charge is 0.326 e. The zero-order valence-corrected chi connectivity index (χ0v) is 9.59. The number of urea groups is 1. The van der Waals surface area contributed by atoms with Crippen LogP contribution in [0.2, 0.25) is 0 Å². The Balaban J connectivity index is 1.97. The lowest BCUT2D eigenvalue weighted by Gasteiger charge is -2.23. The Hall–Kier alpha value is -2.12. The van der Waals surface area contributed by atoms with Gasteiger partial charge in [-0.1, -0.05) is 0 Å². The normalized spacial score (nSPS) is 23.4. The molecule has 2 aliphatic rings. The van der Waals surface area contributed by atoms with E-state index in [-0.39, 0.29) is 13.1 Å². The Morgan fingerprint density at radius 3 is 2.67 bits per heavy atom. The van der Waals surface area contributed by atoms with Crippen LogP contribution < -0.4 is 5.32 Å². The molecule has 18 heavy (non-hydrogen) atoms. The average Bonchev–Trinajstić information content (AvgIpc) is 2.86. The molecule has 1 unspecified atom stereocenters. The molecular formula is C10H13N3O5. The Labute approximate surface area is 103 Å². The number of carbonyl (C=O) groups excluding carboxylic acids is 3.